The van der Waals surface area contributed by atoms with Gasteiger partial charge in [0.1, 0.15) is 0 Å². The lowest BCUT2D eigenvalue weighted by Gasteiger charge is -2.33. The molecule has 0 aromatic heterocycles. The third-order valence-corrected chi connectivity index (χ3v) is 4.18. The summed E-state index contributed by atoms with van der Waals surface area (Å²) in [5, 5.41) is 3.79. The van der Waals surface area contributed by atoms with Gasteiger partial charge in [0.15, 0.2) is 0 Å². The second-order valence-electron chi connectivity index (χ2n) is 5.89. The van der Waals surface area contributed by atoms with Crippen molar-refractivity contribution in [2.75, 3.05) is 14.1 Å². The lowest BCUT2D eigenvalue weighted by atomic mass is 9.97. The normalized spacial score (nSPS) is 15.7. The van der Waals surface area contributed by atoms with Crippen LogP contribution in [0.25, 0.3) is 0 Å². The number of hydrogen-bond acceptors (Lipinski definition) is 2. The molecule has 0 unspecified atom stereocenters. The van der Waals surface area contributed by atoms with Crippen molar-refractivity contribution in [2.24, 2.45) is 0 Å². The Balaban J connectivity index is 2.20. The van der Waals surface area contributed by atoms with Gasteiger partial charge in [-0.1, -0.05) is 60.7 Å². The van der Waals surface area contributed by atoms with Gasteiger partial charge < -0.3 is 10.2 Å². The number of nitrogens with zero attached hydrogens (tertiary/aromatic N) is 1. The fourth-order valence-electron chi connectivity index (χ4n) is 2.58. The minimum Gasteiger partial charge on any atom is -0.305 e. The SMILES string of the molecule is C[C@H](N[C@H](c1ccccc1)[C@H](C)N(C)C)c1ccccc1. The Labute approximate surface area is 128 Å². The predicted octanol–water partition coefficient (Wildman–Crippen LogP) is 4.03. The highest BCUT2D eigenvalue weighted by atomic mass is 15.1. The number of hydrogen-bond donors (Lipinski definition) is 1. The van der Waals surface area contributed by atoms with Gasteiger partial charge in [-0.3, -0.25) is 0 Å². The highest BCUT2D eigenvalue weighted by molar-refractivity contribution is 5.23. The van der Waals surface area contributed by atoms with Gasteiger partial charge in [0.05, 0.1) is 0 Å². The van der Waals surface area contributed by atoms with E-state index in [-0.39, 0.29) is 0 Å². The molecule has 1 N–H and O–H groups in total. The molecule has 21 heavy (non-hydrogen) atoms. The summed E-state index contributed by atoms with van der Waals surface area (Å²) >= 11 is 0. The molecule has 0 saturated carbocycles. The van der Waals surface area contributed by atoms with Crippen LogP contribution in [0.4, 0.5) is 0 Å². The van der Waals surface area contributed by atoms with E-state index in [9.17, 15) is 0 Å². The molecule has 2 aromatic rings. The Bertz CT molecular complexity index is 522. The fourth-order valence-corrected chi connectivity index (χ4v) is 2.58. The summed E-state index contributed by atoms with van der Waals surface area (Å²) in [5.41, 5.74) is 2.66. The first-order chi connectivity index (χ1) is 10.1. The van der Waals surface area contributed by atoms with Gasteiger partial charge in [-0.05, 0) is 39.1 Å². The van der Waals surface area contributed by atoms with Crippen molar-refractivity contribution in [3.05, 3.63) is 71.8 Å². The largest absolute Gasteiger partial charge is 0.305 e. The summed E-state index contributed by atoms with van der Waals surface area (Å²) in [6, 6.07) is 22.4. The predicted molar refractivity (Wildman–Crippen MR) is 90.3 cm³/mol. The van der Waals surface area contributed by atoms with Crippen LogP contribution in [0.2, 0.25) is 0 Å². The average molecular weight is 282 g/mol. The van der Waals surface area contributed by atoms with Crippen LogP contribution in [0.1, 0.15) is 37.1 Å². The Morgan fingerprint density at radius 3 is 1.71 bits per heavy atom. The molecule has 0 saturated heterocycles. The molecule has 0 radical (unpaired) electrons. The van der Waals surface area contributed by atoms with Gasteiger partial charge in [0, 0.05) is 18.1 Å². The minimum atomic E-state index is 0.302. The zero-order valence-electron chi connectivity index (χ0n) is 13.5. The number of nitrogens with one attached hydrogen (secondary N) is 1. The first-order valence-electron chi connectivity index (χ1n) is 7.62. The molecule has 2 heteroatoms. The van der Waals surface area contributed by atoms with Crippen LogP contribution in [0, 0.1) is 0 Å². The standard InChI is InChI=1S/C19H26N2/c1-15(17-11-7-5-8-12-17)20-19(16(2)21(3)4)18-13-9-6-10-14-18/h5-16,19-20H,1-4H3/t15-,16-,19-/m0/s1. The quantitative estimate of drug-likeness (QED) is 0.860. The molecule has 0 fully saturated rings. The van der Waals surface area contributed by atoms with E-state index in [2.05, 4.69) is 98.8 Å². The van der Waals surface area contributed by atoms with Gasteiger partial charge in [0.25, 0.3) is 0 Å². The molecule has 2 aromatic carbocycles. The van der Waals surface area contributed by atoms with Crippen LogP contribution in [0.5, 0.6) is 0 Å². The molecule has 0 amide bonds. The number of benzene rings is 2. The van der Waals surface area contributed by atoms with Crippen molar-refractivity contribution in [1.82, 2.24) is 10.2 Å². The summed E-state index contributed by atoms with van der Waals surface area (Å²) in [6.07, 6.45) is 0. The summed E-state index contributed by atoms with van der Waals surface area (Å²) in [7, 11) is 4.27. The van der Waals surface area contributed by atoms with E-state index in [0.29, 0.717) is 18.1 Å². The molecule has 0 heterocycles. The van der Waals surface area contributed by atoms with Crippen LogP contribution in [0.15, 0.2) is 60.7 Å². The van der Waals surface area contributed by atoms with Crippen molar-refractivity contribution in [2.45, 2.75) is 32.0 Å². The summed E-state index contributed by atoms with van der Waals surface area (Å²) in [6.45, 7) is 4.50. The summed E-state index contributed by atoms with van der Waals surface area (Å²) < 4.78 is 0. The maximum Gasteiger partial charge on any atom is 0.0479 e. The molecule has 3 atom stereocenters. The minimum absolute atomic E-state index is 0.302. The van der Waals surface area contributed by atoms with Gasteiger partial charge in [-0.15, -0.1) is 0 Å². The Kier molecular flexibility index (Phi) is 5.54. The van der Waals surface area contributed by atoms with Crippen molar-refractivity contribution in [3.8, 4) is 0 Å². The van der Waals surface area contributed by atoms with Crippen LogP contribution in [0.3, 0.4) is 0 Å². The Morgan fingerprint density at radius 2 is 1.24 bits per heavy atom. The van der Waals surface area contributed by atoms with E-state index in [1.165, 1.54) is 11.1 Å². The molecule has 0 bridgehead atoms. The first-order valence-corrected chi connectivity index (χ1v) is 7.62. The van der Waals surface area contributed by atoms with Crippen molar-refractivity contribution in [1.29, 1.82) is 0 Å². The van der Waals surface area contributed by atoms with Crippen LogP contribution >= 0.6 is 0 Å². The lowest BCUT2D eigenvalue weighted by molar-refractivity contribution is 0.236. The highest BCUT2D eigenvalue weighted by Gasteiger charge is 2.22. The molecule has 112 valence electrons. The fraction of sp³-hybridized carbons (Fsp3) is 0.368. The van der Waals surface area contributed by atoms with Crippen molar-refractivity contribution < 1.29 is 0 Å². The molecule has 0 aliphatic rings. The zero-order chi connectivity index (χ0) is 15.2. The first kappa shape index (κ1) is 15.7. The van der Waals surface area contributed by atoms with E-state index < -0.39 is 0 Å². The molecule has 2 nitrogen and oxygen atoms in total. The molecule has 0 aliphatic carbocycles. The molecule has 0 spiro atoms. The molecular weight excluding hydrogens is 256 g/mol. The van der Waals surface area contributed by atoms with E-state index in [1.807, 2.05) is 0 Å². The van der Waals surface area contributed by atoms with E-state index in [4.69, 9.17) is 0 Å². The van der Waals surface area contributed by atoms with E-state index in [1.54, 1.807) is 0 Å². The monoisotopic (exact) mass is 282 g/mol. The number of likely N-dealkylation sites (N-methyl/N-ethyl adjacent to an activating group) is 1. The third kappa shape index (κ3) is 4.16. The Hall–Kier alpha value is -1.64. The molecule has 0 aliphatic heterocycles. The van der Waals surface area contributed by atoms with Gasteiger partial charge in [0.2, 0.25) is 0 Å². The average Bonchev–Trinajstić information content (AvgIpc) is 2.53. The summed E-state index contributed by atoms with van der Waals surface area (Å²) in [4.78, 5) is 2.27. The van der Waals surface area contributed by atoms with Crippen LogP contribution in [-0.4, -0.2) is 25.0 Å². The van der Waals surface area contributed by atoms with Crippen LogP contribution in [-0.2, 0) is 0 Å². The zero-order valence-corrected chi connectivity index (χ0v) is 13.5. The second-order valence-corrected chi connectivity index (χ2v) is 5.89. The highest BCUT2D eigenvalue weighted by Crippen LogP contribution is 2.24. The third-order valence-electron chi connectivity index (χ3n) is 4.18. The van der Waals surface area contributed by atoms with Crippen molar-refractivity contribution in [3.63, 3.8) is 0 Å². The summed E-state index contributed by atoms with van der Waals surface area (Å²) in [5.74, 6) is 0. The van der Waals surface area contributed by atoms with E-state index in [0.717, 1.165) is 0 Å². The van der Waals surface area contributed by atoms with Crippen molar-refractivity contribution >= 4 is 0 Å². The topological polar surface area (TPSA) is 15.3 Å². The Morgan fingerprint density at radius 1 is 0.762 bits per heavy atom. The van der Waals surface area contributed by atoms with Gasteiger partial charge >= 0.3 is 0 Å². The van der Waals surface area contributed by atoms with Gasteiger partial charge in [-0.25, -0.2) is 0 Å². The van der Waals surface area contributed by atoms with E-state index >= 15 is 0 Å². The molecular formula is C19H26N2. The second kappa shape index (κ2) is 7.39. The maximum absolute atomic E-state index is 3.79. The lowest BCUT2D eigenvalue weighted by Crippen LogP contribution is -2.40. The van der Waals surface area contributed by atoms with Crippen LogP contribution < -0.4 is 5.32 Å². The van der Waals surface area contributed by atoms with Gasteiger partial charge in [-0.2, -0.15) is 0 Å². The number of rotatable bonds is 6. The maximum atomic E-state index is 3.79. The molecule has 2 rings (SSSR count). The smallest absolute Gasteiger partial charge is 0.0479 e.